The first kappa shape index (κ1) is 20.6. The third-order valence-corrected chi connectivity index (χ3v) is 5.75. The minimum atomic E-state index is -1.80. The number of thiophene rings is 1. The van der Waals surface area contributed by atoms with Crippen molar-refractivity contribution >= 4 is 63.0 Å². The van der Waals surface area contributed by atoms with Gasteiger partial charge in [-0.3, -0.25) is 4.79 Å². The number of ether oxygens (including phenoxy) is 1. The maximum absolute atomic E-state index is 12.3. The predicted molar refractivity (Wildman–Crippen MR) is 103 cm³/mol. The van der Waals surface area contributed by atoms with Crippen molar-refractivity contribution in [2.75, 3.05) is 12.4 Å². The van der Waals surface area contributed by atoms with Gasteiger partial charge in [-0.05, 0) is 24.8 Å². The van der Waals surface area contributed by atoms with Crippen molar-refractivity contribution in [1.82, 2.24) is 5.32 Å². The van der Waals surface area contributed by atoms with Crippen molar-refractivity contribution in [2.24, 2.45) is 5.41 Å². The second-order valence-electron chi connectivity index (χ2n) is 6.90. The van der Waals surface area contributed by atoms with Crippen LogP contribution >= 0.6 is 46.1 Å². The second-order valence-corrected chi connectivity index (χ2v) is 10.4. The van der Waals surface area contributed by atoms with Crippen molar-refractivity contribution in [3.05, 3.63) is 16.0 Å². The lowest BCUT2D eigenvalue weighted by molar-refractivity contribution is -0.129. The van der Waals surface area contributed by atoms with Crippen molar-refractivity contribution in [1.29, 1.82) is 0 Å². The van der Waals surface area contributed by atoms with Crippen LogP contribution in [0.2, 0.25) is 0 Å². The number of fused-ring (bicyclic) bond motifs is 1. The molecule has 1 aliphatic carbocycles. The van der Waals surface area contributed by atoms with Crippen molar-refractivity contribution in [3.8, 4) is 0 Å². The first-order valence-electron chi connectivity index (χ1n) is 7.82. The van der Waals surface area contributed by atoms with E-state index in [0.29, 0.717) is 10.6 Å². The third kappa shape index (κ3) is 4.73. The molecular weight excluding hydrogens is 407 g/mol. The first-order valence-corrected chi connectivity index (χ1v) is 9.77. The molecule has 0 bridgehead atoms. The standard InChI is InChI=1S/C16H21Cl3N2O3S/c1-15(2,3)14(23)21-13(16(17,18)19)20-11-10(12(22)24-4)8-6-5-7-9(8)25-11/h13,20H,5-7H2,1-4H3,(H,21,23)/t13-/m0/s1. The summed E-state index contributed by atoms with van der Waals surface area (Å²) >= 11 is 19.6. The molecule has 1 heterocycles. The lowest BCUT2D eigenvalue weighted by Gasteiger charge is -2.30. The van der Waals surface area contributed by atoms with Crippen LogP contribution in [-0.2, 0) is 22.4 Å². The number of esters is 1. The van der Waals surface area contributed by atoms with Gasteiger partial charge in [-0.25, -0.2) is 4.79 Å². The Morgan fingerprint density at radius 2 is 1.84 bits per heavy atom. The number of hydrogen-bond donors (Lipinski definition) is 2. The number of nitrogens with one attached hydrogen (secondary N) is 2. The van der Waals surface area contributed by atoms with Gasteiger partial charge in [-0.15, -0.1) is 11.3 Å². The van der Waals surface area contributed by atoms with Crippen LogP contribution in [-0.4, -0.2) is 28.9 Å². The molecule has 2 rings (SSSR count). The molecule has 140 valence electrons. The molecule has 25 heavy (non-hydrogen) atoms. The lowest BCUT2D eigenvalue weighted by Crippen LogP contribution is -2.52. The number of amides is 1. The summed E-state index contributed by atoms with van der Waals surface area (Å²) in [6.07, 6.45) is 1.72. The Labute approximate surface area is 166 Å². The molecule has 0 unspecified atom stereocenters. The fraction of sp³-hybridized carbons (Fsp3) is 0.625. The minimum absolute atomic E-state index is 0.278. The zero-order valence-electron chi connectivity index (χ0n) is 14.5. The van der Waals surface area contributed by atoms with E-state index in [1.165, 1.54) is 18.4 Å². The summed E-state index contributed by atoms with van der Waals surface area (Å²) in [6, 6.07) is 0. The molecule has 1 aromatic heterocycles. The molecule has 0 aliphatic heterocycles. The summed E-state index contributed by atoms with van der Waals surface area (Å²) in [5, 5.41) is 6.27. The molecule has 0 spiro atoms. The van der Waals surface area contributed by atoms with E-state index >= 15 is 0 Å². The zero-order valence-corrected chi connectivity index (χ0v) is 17.5. The predicted octanol–water partition coefficient (Wildman–Crippen LogP) is 4.29. The Morgan fingerprint density at radius 1 is 1.20 bits per heavy atom. The van der Waals surface area contributed by atoms with Crippen molar-refractivity contribution in [3.63, 3.8) is 0 Å². The summed E-state index contributed by atoms with van der Waals surface area (Å²) in [7, 11) is 1.33. The second kappa shape index (κ2) is 7.51. The van der Waals surface area contributed by atoms with Crippen LogP contribution in [0.15, 0.2) is 0 Å². The van der Waals surface area contributed by atoms with E-state index in [1.807, 2.05) is 0 Å². The van der Waals surface area contributed by atoms with E-state index in [2.05, 4.69) is 10.6 Å². The molecule has 0 radical (unpaired) electrons. The number of carbonyl (C=O) groups excluding carboxylic acids is 2. The maximum Gasteiger partial charge on any atom is 0.341 e. The highest BCUT2D eigenvalue weighted by atomic mass is 35.6. The fourth-order valence-electron chi connectivity index (χ4n) is 2.50. The molecule has 0 aromatic carbocycles. The van der Waals surface area contributed by atoms with Gasteiger partial charge in [0, 0.05) is 10.3 Å². The Kier molecular flexibility index (Phi) is 6.19. The van der Waals surface area contributed by atoms with Gasteiger partial charge in [0.2, 0.25) is 9.70 Å². The van der Waals surface area contributed by atoms with Crippen LogP contribution in [0.5, 0.6) is 0 Å². The largest absolute Gasteiger partial charge is 0.465 e. The number of alkyl halides is 3. The van der Waals surface area contributed by atoms with Crippen molar-refractivity contribution < 1.29 is 14.3 Å². The van der Waals surface area contributed by atoms with Crippen LogP contribution in [0.3, 0.4) is 0 Å². The number of hydrogen-bond acceptors (Lipinski definition) is 5. The normalized spacial score (nSPS) is 15.5. The van der Waals surface area contributed by atoms with E-state index in [1.54, 1.807) is 20.8 Å². The molecular formula is C16H21Cl3N2O3S. The summed E-state index contributed by atoms with van der Waals surface area (Å²) in [5.74, 6) is -0.716. The lowest BCUT2D eigenvalue weighted by atomic mass is 9.95. The number of halogens is 3. The summed E-state index contributed by atoms with van der Waals surface area (Å²) < 4.78 is 3.10. The molecule has 0 saturated heterocycles. The Morgan fingerprint density at radius 3 is 2.36 bits per heavy atom. The quantitative estimate of drug-likeness (QED) is 0.427. The zero-order chi connectivity index (χ0) is 19.0. The average Bonchev–Trinajstić information content (AvgIpc) is 3.03. The number of carbonyl (C=O) groups is 2. The highest BCUT2D eigenvalue weighted by Crippen LogP contribution is 2.41. The molecule has 0 fully saturated rings. The minimum Gasteiger partial charge on any atom is -0.465 e. The van der Waals surface area contributed by atoms with E-state index < -0.39 is 21.3 Å². The smallest absolute Gasteiger partial charge is 0.341 e. The van der Waals surface area contributed by atoms with Crippen LogP contribution < -0.4 is 10.6 Å². The topological polar surface area (TPSA) is 67.4 Å². The van der Waals surface area contributed by atoms with E-state index in [-0.39, 0.29) is 5.91 Å². The maximum atomic E-state index is 12.3. The SMILES string of the molecule is COC(=O)c1c(N[C@@H](NC(=O)C(C)(C)C)C(Cl)(Cl)Cl)sc2c1CCC2. The van der Waals surface area contributed by atoms with Gasteiger partial charge >= 0.3 is 5.97 Å². The molecule has 1 atom stereocenters. The van der Waals surface area contributed by atoms with E-state index in [0.717, 1.165) is 29.7 Å². The molecule has 5 nitrogen and oxygen atoms in total. The average molecular weight is 428 g/mol. The van der Waals surface area contributed by atoms with Gasteiger partial charge < -0.3 is 15.4 Å². The first-order chi connectivity index (χ1) is 11.4. The Bertz CT molecular complexity index is 677. The highest BCUT2D eigenvalue weighted by Gasteiger charge is 2.38. The third-order valence-electron chi connectivity index (χ3n) is 3.87. The summed E-state index contributed by atoms with van der Waals surface area (Å²) in [5.41, 5.74) is 0.784. The Balaban J connectivity index is 2.34. The molecule has 1 amide bonds. The molecule has 2 N–H and O–H groups in total. The molecule has 1 aromatic rings. The van der Waals surface area contributed by atoms with Gasteiger partial charge in [0.1, 0.15) is 11.2 Å². The van der Waals surface area contributed by atoms with Crippen molar-refractivity contribution in [2.45, 2.75) is 50.0 Å². The Hall–Kier alpha value is -0.690. The summed E-state index contributed by atoms with van der Waals surface area (Å²) in [6.45, 7) is 5.28. The summed E-state index contributed by atoms with van der Waals surface area (Å²) in [4.78, 5) is 25.7. The number of rotatable bonds is 4. The fourth-order valence-corrected chi connectivity index (χ4v) is 4.14. The van der Waals surface area contributed by atoms with Crippen LogP contribution in [0.4, 0.5) is 5.00 Å². The van der Waals surface area contributed by atoms with Crippen LogP contribution in [0, 0.1) is 5.41 Å². The van der Waals surface area contributed by atoms with Gasteiger partial charge in [-0.1, -0.05) is 55.6 Å². The van der Waals surface area contributed by atoms with Gasteiger partial charge in [-0.2, -0.15) is 0 Å². The van der Waals surface area contributed by atoms with Crippen LogP contribution in [0.1, 0.15) is 48.0 Å². The van der Waals surface area contributed by atoms with E-state index in [4.69, 9.17) is 39.5 Å². The van der Waals surface area contributed by atoms with Crippen LogP contribution in [0.25, 0.3) is 0 Å². The number of anilines is 1. The van der Waals surface area contributed by atoms with E-state index in [9.17, 15) is 9.59 Å². The monoisotopic (exact) mass is 426 g/mol. The molecule has 9 heteroatoms. The van der Waals surface area contributed by atoms with Gasteiger partial charge in [0.25, 0.3) is 0 Å². The molecule has 0 saturated carbocycles. The molecule has 1 aliphatic rings. The van der Waals surface area contributed by atoms with Gasteiger partial charge in [0.05, 0.1) is 12.7 Å². The van der Waals surface area contributed by atoms with Gasteiger partial charge in [0.15, 0.2) is 0 Å². The number of aryl methyl sites for hydroxylation is 1. The number of methoxy groups -OCH3 is 1. The highest BCUT2D eigenvalue weighted by molar-refractivity contribution is 7.16.